The number of benzene rings is 2. The number of halogens is 2. The Balaban J connectivity index is 1.84. The number of nitrogens with one attached hydrogen (secondary N) is 1. The lowest BCUT2D eigenvalue weighted by atomic mass is 9.96. The molecular weight excluding hydrogens is 427 g/mol. The van der Waals surface area contributed by atoms with E-state index < -0.39 is 5.91 Å². The first-order valence-electron chi connectivity index (χ1n) is 9.48. The molecule has 1 heterocycles. The summed E-state index contributed by atoms with van der Waals surface area (Å²) in [7, 11) is 1.59. The van der Waals surface area contributed by atoms with Crippen LogP contribution in [0.15, 0.2) is 42.5 Å². The van der Waals surface area contributed by atoms with Gasteiger partial charge in [0.05, 0.1) is 17.2 Å². The van der Waals surface area contributed by atoms with Crippen molar-refractivity contribution in [3.8, 4) is 16.9 Å². The molecule has 1 aliphatic heterocycles. The maximum Gasteiger partial charge on any atom is 0.246 e. The Bertz CT molecular complexity index is 970. The minimum Gasteiger partial charge on any atom is -0.496 e. The molecule has 8 heteroatoms. The highest BCUT2D eigenvalue weighted by Crippen LogP contribution is 2.39. The number of methoxy groups -OCH3 is 1. The van der Waals surface area contributed by atoms with Crippen molar-refractivity contribution >= 4 is 41.1 Å². The summed E-state index contributed by atoms with van der Waals surface area (Å²) >= 11 is 12.7. The lowest BCUT2D eigenvalue weighted by molar-refractivity contribution is -0.137. The first kappa shape index (κ1) is 22.2. The number of nitrogens with zero attached hydrogens (tertiary/aromatic N) is 1. The van der Waals surface area contributed by atoms with E-state index in [0.29, 0.717) is 47.3 Å². The molecule has 2 N–H and O–H groups in total. The maximum atomic E-state index is 12.7. The van der Waals surface area contributed by atoms with E-state index in [1.54, 1.807) is 29.6 Å². The van der Waals surface area contributed by atoms with Gasteiger partial charge in [0.25, 0.3) is 0 Å². The zero-order valence-electron chi connectivity index (χ0n) is 16.4. The van der Waals surface area contributed by atoms with Gasteiger partial charge in [0.2, 0.25) is 11.8 Å². The van der Waals surface area contributed by atoms with Crippen LogP contribution in [0.5, 0.6) is 5.75 Å². The van der Waals surface area contributed by atoms with E-state index in [-0.39, 0.29) is 11.8 Å². The number of piperidine rings is 1. The van der Waals surface area contributed by atoms with Gasteiger partial charge in [-0.05, 0) is 36.6 Å². The summed E-state index contributed by atoms with van der Waals surface area (Å²) in [6, 6.07) is 11.1. The second-order valence-electron chi connectivity index (χ2n) is 6.93. The number of hydrogen-bond acceptors (Lipinski definition) is 4. The molecule has 0 atom stereocenters. The van der Waals surface area contributed by atoms with Crippen LogP contribution in [0.3, 0.4) is 0 Å². The van der Waals surface area contributed by atoms with Gasteiger partial charge < -0.3 is 9.64 Å². The number of hydroxylamine groups is 1. The van der Waals surface area contributed by atoms with Gasteiger partial charge in [-0.25, -0.2) is 5.48 Å². The van der Waals surface area contributed by atoms with E-state index in [1.165, 1.54) is 6.08 Å². The summed E-state index contributed by atoms with van der Waals surface area (Å²) < 4.78 is 5.46. The Labute approximate surface area is 185 Å². The third-order valence-electron chi connectivity index (χ3n) is 5.21. The van der Waals surface area contributed by atoms with E-state index >= 15 is 0 Å². The summed E-state index contributed by atoms with van der Waals surface area (Å²) in [5.41, 5.74) is 3.93. The van der Waals surface area contributed by atoms with Gasteiger partial charge in [0, 0.05) is 36.2 Å². The normalized spacial score (nSPS) is 14.7. The Kier molecular flexibility index (Phi) is 7.37. The molecule has 1 aliphatic rings. The third kappa shape index (κ3) is 4.78. The summed E-state index contributed by atoms with van der Waals surface area (Å²) in [5.74, 6) is -0.201. The minimum absolute atomic E-state index is 0.181. The molecule has 0 unspecified atom stereocenters. The van der Waals surface area contributed by atoms with Crippen molar-refractivity contribution in [2.75, 3.05) is 20.2 Å². The zero-order chi connectivity index (χ0) is 21.7. The number of rotatable bonds is 5. The van der Waals surface area contributed by atoms with Crippen LogP contribution in [-0.2, 0) is 9.59 Å². The first-order chi connectivity index (χ1) is 14.5. The number of carbonyl (C=O) groups excluding carboxylic acids is 2. The number of amides is 2. The molecule has 0 aromatic heterocycles. The lowest BCUT2D eigenvalue weighted by Crippen LogP contribution is -2.41. The van der Waals surface area contributed by atoms with Crippen LogP contribution >= 0.6 is 23.2 Å². The Hall–Kier alpha value is -2.54. The van der Waals surface area contributed by atoms with Gasteiger partial charge >= 0.3 is 0 Å². The lowest BCUT2D eigenvalue weighted by Gasteiger charge is -2.30. The molecule has 1 saturated heterocycles. The van der Waals surface area contributed by atoms with Crippen molar-refractivity contribution in [2.45, 2.75) is 12.8 Å². The van der Waals surface area contributed by atoms with Crippen LogP contribution in [0.25, 0.3) is 17.2 Å². The monoisotopic (exact) mass is 448 g/mol. The Morgan fingerprint density at radius 3 is 2.50 bits per heavy atom. The standard InChI is InChI=1S/C22H22Cl2N2O4/c1-30-19-5-3-2-4-16(19)15-6-8-18(23)21(24)17(15)7-9-20(27)26-12-10-14(11-13-26)22(28)25-29/h2-9,14,29H,10-13H2,1H3,(H,25,28)/b9-7+. The number of hydrogen-bond donors (Lipinski definition) is 2. The molecule has 30 heavy (non-hydrogen) atoms. The summed E-state index contributed by atoms with van der Waals surface area (Å²) in [5, 5.41) is 9.49. The second kappa shape index (κ2) is 9.98. The van der Waals surface area contributed by atoms with Crippen LogP contribution in [0, 0.1) is 5.92 Å². The number of carbonyl (C=O) groups is 2. The molecule has 6 nitrogen and oxygen atoms in total. The third-order valence-corrected chi connectivity index (χ3v) is 6.03. The summed E-state index contributed by atoms with van der Waals surface area (Å²) in [6.07, 6.45) is 4.11. The summed E-state index contributed by atoms with van der Waals surface area (Å²) in [6.45, 7) is 0.869. The maximum absolute atomic E-state index is 12.7. The Morgan fingerprint density at radius 2 is 1.83 bits per heavy atom. The first-order valence-corrected chi connectivity index (χ1v) is 10.2. The SMILES string of the molecule is COc1ccccc1-c1ccc(Cl)c(Cl)c1/C=C/C(=O)N1CCC(C(=O)NO)CC1. The van der Waals surface area contributed by atoms with E-state index in [0.717, 1.165) is 11.1 Å². The average molecular weight is 449 g/mol. The van der Waals surface area contributed by atoms with Crippen molar-refractivity contribution in [3.63, 3.8) is 0 Å². The molecule has 3 rings (SSSR count). The van der Waals surface area contributed by atoms with E-state index in [9.17, 15) is 9.59 Å². The Morgan fingerprint density at radius 1 is 1.13 bits per heavy atom. The molecule has 158 valence electrons. The highest BCUT2D eigenvalue weighted by atomic mass is 35.5. The molecule has 0 aliphatic carbocycles. The van der Waals surface area contributed by atoms with Crippen LogP contribution < -0.4 is 10.2 Å². The molecule has 0 radical (unpaired) electrons. The van der Waals surface area contributed by atoms with Gasteiger partial charge in [0.1, 0.15) is 5.75 Å². The quantitative estimate of drug-likeness (QED) is 0.402. The number of ether oxygens (including phenoxy) is 1. The molecule has 1 fully saturated rings. The summed E-state index contributed by atoms with van der Waals surface area (Å²) in [4.78, 5) is 25.9. The van der Waals surface area contributed by atoms with Gasteiger partial charge in [0.15, 0.2) is 0 Å². The number of para-hydroxylation sites is 1. The minimum atomic E-state index is -0.412. The van der Waals surface area contributed by atoms with Crippen LogP contribution in [0.1, 0.15) is 18.4 Å². The highest BCUT2D eigenvalue weighted by Gasteiger charge is 2.26. The van der Waals surface area contributed by atoms with E-state index in [4.69, 9.17) is 33.1 Å². The van der Waals surface area contributed by atoms with Crippen molar-refractivity contribution in [2.24, 2.45) is 5.92 Å². The second-order valence-corrected chi connectivity index (χ2v) is 7.72. The molecule has 2 aromatic rings. The predicted molar refractivity (Wildman–Crippen MR) is 117 cm³/mol. The topological polar surface area (TPSA) is 78.9 Å². The predicted octanol–water partition coefficient (Wildman–Crippen LogP) is 4.43. The van der Waals surface area contributed by atoms with E-state index in [2.05, 4.69) is 0 Å². The molecule has 2 amide bonds. The fraction of sp³-hybridized carbons (Fsp3) is 0.273. The molecule has 0 bridgehead atoms. The van der Waals surface area contributed by atoms with Crippen molar-refractivity contribution in [1.82, 2.24) is 10.4 Å². The van der Waals surface area contributed by atoms with Gasteiger partial charge in [-0.15, -0.1) is 0 Å². The van der Waals surface area contributed by atoms with Crippen molar-refractivity contribution in [1.29, 1.82) is 0 Å². The van der Waals surface area contributed by atoms with Crippen LogP contribution in [0.2, 0.25) is 10.0 Å². The fourth-order valence-corrected chi connectivity index (χ4v) is 3.94. The molecule has 2 aromatic carbocycles. The smallest absolute Gasteiger partial charge is 0.246 e. The van der Waals surface area contributed by atoms with Crippen molar-refractivity contribution < 1.29 is 19.5 Å². The molecule has 0 saturated carbocycles. The van der Waals surface area contributed by atoms with Gasteiger partial charge in [-0.1, -0.05) is 47.5 Å². The number of likely N-dealkylation sites (tertiary alicyclic amines) is 1. The van der Waals surface area contributed by atoms with Crippen molar-refractivity contribution in [3.05, 3.63) is 58.1 Å². The highest BCUT2D eigenvalue weighted by molar-refractivity contribution is 6.43. The largest absolute Gasteiger partial charge is 0.496 e. The fourth-order valence-electron chi connectivity index (χ4n) is 3.54. The van der Waals surface area contributed by atoms with E-state index in [1.807, 2.05) is 30.3 Å². The molecule has 0 spiro atoms. The van der Waals surface area contributed by atoms with Crippen LogP contribution in [-0.4, -0.2) is 42.1 Å². The average Bonchev–Trinajstić information content (AvgIpc) is 2.79. The molecular formula is C22H22Cl2N2O4. The zero-order valence-corrected chi connectivity index (χ0v) is 17.9. The van der Waals surface area contributed by atoms with Crippen LogP contribution in [0.4, 0.5) is 0 Å². The van der Waals surface area contributed by atoms with Gasteiger partial charge in [-0.2, -0.15) is 0 Å². The van der Waals surface area contributed by atoms with Gasteiger partial charge in [-0.3, -0.25) is 14.8 Å².